The molecule has 2 unspecified atom stereocenters. The van der Waals surface area contributed by atoms with Gasteiger partial charge < -0.3 is 5.73 Å². The van der Waals surface area contributed by atoms with Crippen LogP contribution in [0.4, 0.5) is 0 Å². The van der Waals surface area contributed by atoms with E-state index in [4.69, 9.17) is 5.73 Å². The standard InChI is InChI=1S/C15H24BrNS/c1-3-5-6-11-18-15(14(17)4-2)12-7-9-13(16)10-8-12/h7-10,14-15H,3-6,11,17H2,1-2H3. The highest BCUT2D eigenvalue weighted by molar-refractivity contribution is 9.10. The summed E-state index contributed by atoms with van der Waals surface area (Å²) in [6.07, 6.45) is 4.93. The molecule has 0 aliphatic rings. The molecule has 1 rings (SSSR count). The monoisotopic (exact) mass is 329 g/mol. The van der Waals surface area contributed by atoms with Crippen molar-refractivity contribution in [1.82, 2.24) is 0 Å². The van der Waals surface area contributed by atoms with Gasteiger partial charge in [-0.05, 0) is 36.3 Å². The molecule has 2 atom stereocenters. The molecule has 0 fully saturated rings. The molecular formula is C15H24BrNS. The van der Waals surface area contributed by atoms with Gasteiger partial charge >= 0.3 is 0 Å². The molecule has 1 nitrogen and oxygen atoms in total. The van der Waals surface area contributed by atoms with Gasteiger partial charge in [0.05, 0.1) is 0 Å². The smallest absolute Gasteiger partial charge is 0.0448 e. The summed E-state index contributed by atoms with van der Waals surface area (Å²) in [5.74, 6) is 1.21. The quantitative estimate of drug-likeness (QED) is 0.667. The third kappa shape index (κ3) is 5.33. The van der Waals surface area contributed by atoms with Crippen molar-refractivity contribution in [2.75, 3.05) is 5.75 Å². The predicted molar refractivity (Wildman–Crippen MR) is 87.1 cm³/mol. The summed E-state index contributed by atoms with van der Waals surface area (Å²) in [7, 11) is 0. The number of unbranched alkanes of at least 4 members (excludes halogenated alkanes) is 2. The van der Waals surface area contributed by atoms with Crippen molar-refractivity contribution in [2.45, 2.75) is 50.8 Å². The lowest BCUT2D eigenvalue weighted by atomic mass is 10.0. The maximum atomic E-state index is 6.27. The largest absolute Gasteiger partial charge is 0.326 e. The second-order valence-corrected chi connectivity index (χ2v) is 6.79. The summed E-state index contributed by atoms with van der Waals surface area (Å²) in [6.45, 7) is 4.41. The molecule has 0 aliphatic carbocycles. The third-order valence-electron chi connectivity index (χ3n) is 3.10. The van der Waals surface area contributed by atoms with E-state index in [-0.39, 0.29) is 6.04 Å². The first-order valence-corrected chi connectivity index (χ1v) is 8.65. The van der Waals surface area contributed by atoms with Crippen molar-refractivity contribution in [1.29, 1.82) is 0 Å². The van der Waals surface area contributed by atoms with Crippen molar-refractivity contribution in [2.24, 2.45) is 5.73 Å². The van der Waals surface area contributed by atoms with Crippen LogP contribution in [0, 0.1) is 0 Å². The van der Waals surface area contributed by atoms with E-state index in [2.05, 4.69) is 54.0 Å². The van der Waals surface area contributed by atoms with Gasteiger partial charge in [-0.25, -0.2) is 0 Å². The van der Waals surface area contributed by atoms with Crippen molar-refractivity contribution in [3.05, 3.63) is 34.3 Å². The first kappa shape index (κ1) is 16.1. The highest BCUT2D eigenvalue weighted by atomic mass is 79.9. The average molecular weight is 330 g/mol. The van der Waals surface area contributed by atoms with Crippen molar-refractivity contribution in [3.63, 3.8) is 0 Å². The second kappa shape index (κ2) is 9.00. The minimum absolute atomic E-state index is 0.248. The van der Waals surface area contributed by atoms with Gasteiger partial charge in [-0.15, -0.1) is 0 Å². The Balaban J connectivity index is 2.63. The molecule has 0 radical (unpaired) electrons. The predicted octanol–water partition coefficient (Wildman–Crippen LogP) is 5.15. The zero-order valence-corrected chi connectivity index (χ0v) is 13.8. The summed E-state index contributed by atoms with van der Waals surface area (Å²) in [6, 6.07) is 8.85. The molecule has 0 aliphatic heterocycles. The van der Waals surface area contributed by atoms with Crippen LogP contribution >= 0.6 is 27.7 Å². The number of halogens is 1. The summed E-state index contributed by atoms with van der Waals surface area (Å²) >= 11 is 5.50. The molecule has 0 saturated heterocycles. The molecule has 0 heterocycles. The number of nitrogens with two attached hydrogens (primary N) is 1. The van der Waals surface area contributed by atoms with Crippen molar-refractivity contribution < 1.29 is 0 Å². The van der Waals surface area contributed by atoms with Gasteiger partial charge in [-0.3, -0.25) is 0 Å². The zero-order chi connectivity index (χ0) is 13.4. The Morgan fingerprint density at radius 1 is 1.17 bits per heavy atom. The number of benzene rings is 1. The van der Waals surface area contributed by atoms with Crippen molar-refractivity contribution in [3.8, 4) is 0 Å². The van der Waals surface area contributed by atoms with Crippen molar-refractivity contribution >= 4 is 27.7 Å². The lowest BCUT2D eigenvalue weighted by Crippen LogP contribution is -2.25. The Labute approximate surface area is 124 Å². The van der Waals surface area contributed by atoms with Gasteiger partial charge in [0.15, 0.2) is 0 Å². The van der Waals surface area contributed by atoms with E-state index in [1.807, 2.05) is 11.8 Å². The van der Waals surface area contributed by atoms with E-state index >= 15 is 0 Å². The van der Waals surface area contributed by atoms with Crippen LogP contribution in [0.1, 0.15) is 50.3 Å². The van der Waals surface area contributed by atoms with Crippen LogP contribution in [0.25, 0.3) is 0 Å². The van der Waals surface area contributed by atoms with Crippen LogP contribution in [0.5, 0.6) is 0 Å². The van der Waals surface area contributed by atoms with Crippen LogP contribution in [0.3, 0.4) is 0 Å². The van der Waals surface area contributed by atoms with Crippen LogP contribution in [0.15, 0.2) is 28.7 Å². The SMILES string of the molecule is CCCCCSC(c1ccc(Br)cc1)C(N)CC. The van der Waals surface area contributed by atoms with E-state index in [9.17, 15) is 0 Å². The van der Waals surface area contributed by atoms with Crippen LogP contribution < -0.4 is 5.73 Å². The van der Waals surface area contributed by atoms with E-state index in [0.29, 0.717) is 5.25 Å². The molecule has 2 N–H and O–H groups in total. The van der Waals surface area contributed by atoms with Gasteiger partial charge in [-0.1, -0.05) is 54.8 Å². The fourth-order valence-corrected chi connectivity index (χ4v) is 3.57. The second-order valence-electron chi connectivity index (χ2n) is 4.62. The summed E-state index contributed by atoms with van der Waals surface area (Å²) in [4.78, 5) is 0. The third-order valence-corrected chi connectivity index (χ3v) is 5.14. The molecule has 0 bridgehead atoms. The molecule has 0 spiro atoms. The van der Waals surface area contributed by atoms with Crippen LogP contribution in [-0.2, 0) is 0 Å². The van der Waals surface area contributed by atoms with Gasteiger partial charge in [0.2, 0.25) is 0 Å². The number of hydrogen-bond donors (Lipinski definition) is 1. The highest BCUT2D eigenvalue weighted by Crippen LogP contribution is 2.33. The first-order chi connectivity index (χ1) is 8.69. The molecule has 0 amide bonds. The van der Waals surface area contributed by atoms with Crippen LogP contribution in [-0.4, -0.2) is 11.8 Å². The average Bonchev–Trinajstić information content (AvgIpc) is 2.39. The summed E-state index contributed by atoms with van der Waals surface area (Å²) in [5, 5.41) is 0.431. The Morgan fingerprint density at radius 2 is 1.83 bits per heavy atom. The van der Waals surface area contributed by atoms with Crippen LogP contribution in [0.2, 0.25) is 0 Å². The lowest BCUT2D eigenvalue weighted by Gasteiger charge is -2.23. The molecule has 0 saturated carbocycles. The molecule has 102 valence electrons. The topological polar surface area (TPSA) is 26.0 Å². The molecule has 0 aromatic heterocycles. The van der Waals surface area contributed by atoms with E-state index < -0.39 is 0 Å². The molecule has 3 heteroatoms. The molecule has 1 aromatic carbocycles. The van der Waals surface area contributed by atoms with E-state index in [1.165, 1.54) is 30.6 Å². The van der Waals surface area contributed by atoms with E-state index in [0.717, 1.165) is 10.9 Å². The van der Waals surface area contributed by atoms with E-state index in [1.54, 1.807) is 0 Å². The fourth-order valence-electron chi connectivity index (χ4n) is 1.90. The minimum atomic E-state index is 0.248. The molecule has 18 heavy (non-hydrogen) atoms. The Morgan fingerprint density at radius 3 is 2.39 bits per heavy atom. The maximum absolute atomic E-state index is 6.27. The first-order valence-electron chi connectivity index (χ1n) is 6.81. The minimum Gasteiger partial charge on any atom is -0.326 e. The Bertz CT molecular complexity index is 326. The maximum Gasteiger partial charge on any atom is 0.0448 e. The number of thioether (sulfide) groups is 1. The Hall–Kier alpha value is 0.01000. The van der Waals surface area contributed by atoms with Gasteiger partial charge in [0, 0.05) is 15.8 Å². The summed E-state index contributed by atoms with van der Waals surface area (Å²) < 4.78 is 1.13. The number of hydrogen-bond acceptors (Lipinski definition) is 2. The Kier molecular flexibility index (Phi) is 8.03. The fraction of sp³-hybridized carbons (Fsp3) is 0.600. The molecule has 1 aromatic rings. The van der Waals surface area contributed by atoms with Gasteiger partial charge in [0.25, 0.3) is 0 Å². The van der Waals surface area contributed by atoms with Gasteiger partial charge in [-0.2, -0.15) is 11.8 Å². The summed E-state index contributed by atoms with van der Waals surface area (Å²) in [5.41, 5.74) is 7.63. The molecular weight excluding hydrogens is 306 g/mol. The normalized spacial score (nSPS) is 14.4. The number of rotatable bonds is 8. The van der Waals surface area contributed by atoms with Gasteiger partial charge in [0.1, 0.15) is 0 Å². The zero-order valence-electron chi connectivity index (χ0n) is 11.4. The lowest BCUT2D eigenvalue weighted by molar-refractivity contribution is 0.633. The highest BCUT2D eigenvalue weighted by Gasteiger charge is 2.18.